The largest absolute Gasteiger partial charge is 0.468 e. The Morgan fingerprint density at radius 3 is 2.57 bits per heavy atom. The van der Waals surface area contributed by atoms with Crippen LogP contribution in [0.4, 0.5) is 0 Å². The van der Waals surface area contributed by atoms with Gasteiger partial charge in [0.15, 0.2) is 5.96 Å². The highest BCUT2D eigenvalue weighted by atomic mass is 127. The number of rotatable bonds is 8. The van der Waals surface area contributed by atoms with Crippen molar-refractivity contribution in [3.8, 4) is 0 Å². The fraction of sp³-hybridized carbons (Fsp3) is 0.783. The average molecular weight is 532 g/mol. The summed E-state index contributed by atoms with van der Waals surface area (Å²) in [6.07, 6.45) is 8.26. The van der Waals surface area contributed by atoms with Crippen molar-refractivity contribution in [2.24, 2.45) is 10.9 Å². The first-order valence-electron chi connectivity index (χ1n) is 11.7. The molecule has 3 rings (SSSR count). The monoisotopic (exact) mass is 531 g/mol. The molecule has 6 nitrogen and oxygen atoms in total. The summed E-state index contributed by atoms with van der Waals surface area (Å²) >= 11 is 0. The SMILES string of the molecule is CCNC(=NCC(c1ccco1)N1CCCCC1)NCC1CCCN(C(C)C)C1.I. The molecule has 172 valence electrons. The topological polar surface area (TPSA) is 56.0 Å². The molecule has 0 aromatic carbocycles. The first-order valence-corrected chi connectivity index (χ1v) is 11.7. The second-order valence-corrected chi connectivity index (χ2v) is 8.83. The molecule has 7 heteroatoms. The van der Waals surface area contributed by atoms with Gasteiger partial charge in [-0.25, -0.2) is 0 Å². The van der Waals surface area contributed by atoms with E-state index in [9.17, 15) is 0 Å². The number of halogens is 1. The van der Waals surface area contributed by atoms with Crippen LogP contribution in [0.2, 0.25) is 0 Å². The third kappa shape index (κ3) is 7.71. The lowest BCUT2D eigenvalue weighted by Crippen LogP contribution is -2.46. The Morgan fingerprint density at radius 1 is 1.13 bits per heavy atom. The second kappa shape index (κ2) is 13.6. The fourth-order valence-electron chi connectivity index (χ4n) is 4.59. The van der Waals surface area contributed by atoms with Crippen LogP contribution in [0.25, 0.3) is 0 Å². The third-order valence-corrected chi connectivity index (χ3v) is 6.31. The van der Waals surface area contributed by atoms with Crippen molar-refractivity contribution in [3.63, 3.8) is 0 Å². The zero-order valence-electron chi connectivity index (χ0n) is 19.1. The smallest absolute Gasteiger partial charge is 0.191 e. The van der Waals surface area contributed by atoms with E-state index in [4.69, 9.17) is 9.41 Å². The Morgan fingerprint density at radius 2 is 1.90 bits per heavy atom. The number of hydrogen-bond acceptors (Lipinski definition) is 4. The molecule has 0 aliphatic carbocycles. The Labute approximate surface area is 200 Å². The molecule has 3 heterocycles. The van der Waals surface area contributed by atoms with Crippen LogP contribution in [-0.2, 0) is 0 Å². The summed E-state index contributed by atoms with van der Waals surface area (Å²) in [6, 6.07) is 4.95. The first kappa shape index (κ1) is 25.5. The van der Waals surface area contributed by atoms with Gasteiger partial charge in [0.05, 0.1) is 18.8 Å². The van der Waals surface area contributed by atoms with E-state index in [2.05, 4.69) is 47.3 Å². The van der Waals surface area contributed by atoms with Gasteiger partial charge in [0, 0.05) is 25.7 Å². The lowest BCUT2D eigenvalue weighted by atomic mass is 9.97. The quantitative estimate of drug-likeness (QED) is 0.301. The summed E-state index contributed by atoms with van der Waals surface area (Å²) in [5, 5.41) is 7.05. The van der Waals surface area contributed by atoms with Crippen molar-refractivity contribution < 1.29 is 4.42 Å². The van der Waals surface area contributed by atoms with Crippen LogP contribution in [0.15, 0.2) is 27.8 Å². The predicted molar refractivity (Wildman–Crippen MR) is 136 cm³/mol. The van der Waals surface area contributed by atoms with E-state index in [1.54, 1.807) is 6.26 Å². The maximum atomic E-state index is 5.77. The van der Waals surface area contributed by atoms with E-state index in [1.807, 2.05) is 6.07 Å². The van der Waals surface area contributed by atoms with Crippen LogP contribution >= 0.6 is 24.0 Å². The summed E-state index contributed by atoms with van der Waals surface area (Å²) in [6.45, 7) is 14.0. The molecule has 2 atom stereocenters. The number of guanidine groups is 1. The Bertz CT molecular complexity index is 601. The first-order chi connectivity index (χ1) is 14.2. The van der Waals surface area contributed by atoms with E-state index in [1.165, 1.54) is 45.2 Å². The second-order valence-electron chi connectivity index (χ2n) is 8.83. The molecule has 1 aromatic heterocycles. The molecule has 2 fully saturated rings. The van der Waals surface area contributed by atoms with Gasteiger partial charge in [-0.1, -0.05) is 6.42 Å². The van der Waals surface area contributed by atoms with Crippen LogP contribution in [-0.4, -0.2) is 67.6 Å². The van der Waals surface area contributed by atoms with Gasteiger partial charge in [0.2, 0.25) is 0 Å². The molecule has 2 unspecified atom stereocenters. The molecule has 2 aliphatic heterocycles. The van der Waals surface area contributed by atoms with E-state index in [0.717, 1.165) is 44.4 Å². The minimum Gasteiger partial charge on any atom is -0.468 e. The highest BCUT2D eigenvalue weighted by molar-refractivity contribution is 14.0. The lowest BCUT2D eigenvalue weighted by molar-refractivity contribution is 0.141. The van der Waals surface area contributed by atoms with Gasteiger partial charge in [-0.3, -0.25) is 9.89 Å². The maximum absolute atomic E-state index is 5.77. The molecular formula is C23H42IN5O. The molecule has 0 bridgehead atoms. The molecule has 2 N–H and O–H groups in total. The Balaban J connectivity index is 0.00000320. The van der Waals surface area contributed by atoms with Gasteiger partial charge in [-0.15, -0.1) is 24.0 Å². The summed E-state index contributed by atoms with van der Waals surface area (Å²) in [5.41, 5.74) is 0. The minimum absolute atomic E-state index is 0. The van der Waals surface area contributed by atoms with Crippen LogP contribution in [0.3, 0.4) is 0 Å². The molecule has 2 saturated heterocycles. The van der Waals surface area contributed by atoms with E-state index in [-0.39, 0.29) is 30.0 Å². The standard InChI is InChI=1S/C23H41N5O.HI/c1-4-24-23(25-16-20-10-8-14-28(18-20)19(2)3)26-17-21(22-11-9-15-29-22)27-12-6-5-7-13-27;/h9,11,15,19-21H,4-8,10,12-14,16-18H2,1-3H3,(H2,24,25,26);1H. The van der Waals surface area contributed by atoms with Gasteiger partial charge in [0.1, 0.15) is 5.76 Å². The molecule has 2 aliphatic rings. The number of hydrogen-bond donors (Lipinski definition) is 2. The van der Waals surface area contributed by atoms with Crippen molar-refractivity contribution >= 4 is 29.9 Å². The molecular weight excluding hydrogens is 489 g/mol. The van der Waals surface area contributed by atoms with Crippen LogP contribution < -0.4 is 10.6 Å². The van der Waals surface area contributed by atoms with Crippen molar-refractivity contribution in [1.82, 2.24) is 20.4 Å². The lowest BCUT2D eigenvalue weighted by Gasteiger charge is -2.35. The molecule has 0 amide bonds. The highest BCUT2D eigenvalue weighted by Crippen LogP contribution is 2.25. The number of nitrogens with zero attached hydrogens (tertiary/aromatic N) is 3. The van der Waals surface area contributed by atoms with Crippen molar-refractivity contribution in [1.29, 1.82) is 0 Å². The maximum Gasteiger partial charge on any atom is 0.191 e. The number of likely N-dealkylation sites (tertiary alicyclic amines) is 2. The van der Waals surface area contributed by atoms with Crippen LogP contribution in [0.1, 0.15) is 64.7 Å². The van der Waals surface area contributed by atoms with Gasteiger partial charge in [-0.05, 0) is 84.1 Å². The zero-order valence-corrected chi connectivity index (χ0v) is 21.4. The van der Waals surface area contributed by atoms with Crippen molar-refractivity contribution in [2.45, 2.75) is 65.0 Å². The Hall–Kier alpha value is -0.800. The van der Waals surface area contributed by atoms with Crippen LogP contribution in [0.5, 0.6) is 0 Å². The summed E-state index contributed by atoms with van der Waals surface area (Å²) < 4.78 is 5.77. The average Bonchev–Trinajstić information content (AvgIpc) is 3.27. The molecule has 1 aromatic rings. The zero-order chi connectivity index (χ0) is 20.5. The molecule has 30 heavy (non-hydrogen) atoms. The Kier molecular flexibility index (Phi) is 11.5. The van der Waals surface area contributed by atoms with Crippen LogP contribution in [0, 0.1) is 5.92 Å². The normalized spacial score (nSPS) is 22.5. The molecule has 0 radical (unpaired) electrons. The number of nitrogens with one attached hydrogen (secondary N) is 2. The number of furan rings is 1. The predicted octanol–water partition coefficient (Wildman–Crippen LogP) is 4.10. The van der Waals surface area contributed by atoms with Gasteiger partial charge < -0.3 is 20.0 Å². The van der Waals surface area contributed by atoms with Gasteiger partial charge >= 0.3 is 0 Å². The van der Waals surface area contributed by atoms with E-state index >= 15 is 0 Å². The minimum atomic E-state index is 0. The third-order valence-electron chi connectivity index (χ3n) is 6.31. The van der Waals surface area contributed by atoms with E-state index in [0.29, 0.717) is 12.0 Å². The van der Waals surface area contributed by atoms with Crippen molar-refractivity contribution in [2.75, 3.05) is 45.8 Å². The van der Waals surface area contributed by atoms with Gasteiger partial charge in [0.25, 0.3) is 0 Å². The highest BCUT2D eigenvalue weighted by Gasteiger charge is 2.25. The summed E-state index contributed by atoms with van der Waals surface area (Å²) in [4.78, 5) is 10.1. The molecule has 0 spiro atoms. The number of piperidine rings is 2. The van der Waals surface area contributed by atoms with Gasteiger partial charge in [-0.2, -0.15) is 0 Å². The fourth-order valence-corrected chi connectivity index (χ4v) is 4.59. The summed E-state index contributed by atoms with van der Waals surface area (Å²) in [7, 11) is 0. The molecule has 0 saturated carbocycles. The van der Waals surface area contributed by atoms with E-state index < -0.39 is 0 Å². The summed E-state index contributed by atoms with van der Waals surface area (Å²) in [5.74, 6) is 2.66. The van der Waals surface area contributed by atoms with Crippen molar-refractivity contribution in [3.05, 3.63) is 24.2 Å². The number of aliphatic imine (C=N–C) groups is 1.